The topological polar surface area (TPSA) is 53.4 Å². The lowest BCUT2D eigenvalue weighted by molar-refractivity contribution is -0.136. The van der Waals surface area contributed by atoms with Crippen LogP contribution >= 0.6 is 0 Å². The second kappa shape index (κ2) is 7.70. The lowest BCUT2D eigenvalue weighted by Crippen LogP contribution is -2.23. The van der Waals surface area contributed by atoms with Crippen LogP contribution in [0.15, 0.2) is 36.4 Å². The Morgan fingerprint density at radius 2 is 2.08 bits per heavy atom. The minimum Gasteiger partial charge on any atom is -0.481 e. The molecule has 1 atom stereocenters. The van der Waals surface area contributed by atoms with E-state index in [-0.39, 0.29) is 12.5 Å². The van der Waals surface area contributed by atoms with Crippen LogP contribution in [0.25, 0.3) is 0 Å². The number of aliphatic carboxylic acids is 1. The first-order chi connectivity index (χ1) is 12.0. The van der Waals surface area contributed by atoms with Gasteiger partial charge in [-0.05, 0) is 49.2 Å². The van der Waals surface area contributed by atoms with Crippen LogP contribution < -0.4 is 0 Å². The smallest absolute Gasteiger partial charge is 0.303 e. The highest BCUT2D eigenvalue weighted by molar-refractivity contribution is 5.66. The molecule has 6 heteroatoms. The van der Waals surface area contributed by atoms with Gasteiger partial charge >= 0.3 is 5.97 Å². The highest BCUT2D eigenvalue weighted by Crippen LogP contribution is 2.32. The molecule has 25 heavy (non-hydrogen) atoms. The van der Waals surface area contributed by atoms with E-state index in [1.54, 1.807) is 6.07 Å². The molecule has 1 unspecified atom stereocenters. The number of rotatable bonds is 6. The largest absolute Gasteiger partial charge is 0.481 e. The number of hydrogen-bond acceptors (Lipinski definition) is 3. The number of aryl methyl sites for hydroxylation is 1. The number of nitrogens with zero attached hydrogens (tertiary/aromatic N) is 2. The molecule has 2 heterocycles. The van der Waals surface area contributed by atoms with E-state index >= 15 is 0 Å². The summed E-state index contributed by atoms with van der Waals surface area (Å²) in [5.41, 5.74) is 2.40. The number of carboxylic acid groups (broad SMARTS) is 1. The Hall–Kier alpha value is -2.34. The summed E-state index contributed by atoms with van der Waals surface area (Å²) in [6.07, 6.45) is 2.41. The Bertz CT molecular complexity index is 767. The van der Waals surface area contributed by atoms with Gasteiger partial charge in [-0.1, -0.05) is 12.1 Å². The monoisotopic (exact) mass is 346 g/mol. The lowest BCUT2D eigenvalue weighted by Gasteiger charge is -2.24. The maximum absolute atomic E-state index is 13.4. The van der Waals surface area contributed by atoms with Crippen LogP contribution in [0.1, 0.15) is 42.3 Å². The van der Waals surface area contributed by atoms with E-state index < -0.39 is 17.6 Å². The van der Waals surface area contributed by atoms with Crippen molar-refractivity contribution in [1.29, 1.82) is 0 Å². The maximum Gasteiger partial charge on any atom is 0.303 e. The van der Waals surface area contributed by atoms with Gasteiger partial charge < -0.3 is 5.11 Å². The van der Waals surface area contributed by atoms with Crippen LogP contribution in [-0.4, -0.2) is 27.5 Å². The van der Waals surface area contributed by atoms with Crippen molar-refractivity contribution in [3.8, 4) is 0 Å². The predicted octanol–water partition coefficient (Wildman–Crippen LogP) is 3.71. The van der Waals surface area contributed by atoms with Gasteiger partial charge in [0.1, 0.15) is 0 Å². The first kappa shape index (κ1) is 17.5. The number of hydrogen-bond donors (Lipinski definition) is 1. The first-order valence-electron chi connectivity index (χ1n) is 8.38. The van der Waals surface area contributed by atoms with Gasteiger partial charge in [-0.25, -0.2) is 8.78 Å². The molecule has 3 rings (SSSR count). The molecule has 1 N–H and O–H groups in total. The molecule has 0 bridgehead atoms. The highest BCUT2D eigenvalue weighted by atomic mass is 19.2. The second-order valence-corrected chi connectivity index (χ2v) is 6.32. The Kier molecular flexibility index (Phi) is 5.38. The van der Waals surface area contributed by atoms with Crippen molar-refractivity contribution in [2.45, 2.75) is 38.3 Å². The molecule has 0 saturated carbocycles. The Balaban J connectivity index is 1.73. The van der Waals surface area contributed by atoms with Crippen LogP contribution in [-0.2, 0) is 17.8 Å². The summed E-state index contributed by atoms with van der Waals surface area (Å²) in [5.74, 6) is -2.51. The number of carbonyl (C=O) groups is 1. The van der Waals surface area contributed by atoms with Crippen LogP contribution in [0, 0.1) is 11.6 Å². The van der Waals surface area contributed by atoms with Crippen molar-refractivity contribution >= 4 is 5.97 Å². The van der Waals surface area contributed by atoms with Crippen molar-refractivity contribution in [2.75, 3.05) is 6.54 Å². The summed E-state index contributed by atoms with van der Waals surface area (Å²) in [4.78, 5) is 17.5. The van der Waals surface area contributed by atoms with Crippen molar-refractivity contribution in [3.63, 3.8) is 0 Å². The Labute approximate surface area is 145 Å². The lowest BCUT2D eigenvalue weighted by atomic mass is 10.1. The molecule has 132 valence electrons. The van der Waals surface area contributed by atoms with Crippen molar-refractivity contribution < 1.29 is 18.7 Å². The third kappa shape index (κ3) is 4.39. The third-order valence-electron chi connectivity index (χ3n) is 4.50. The van der Waals surface area contributed by atoms with Gasteiger partial charge in [0.25, 0.3) is 0 Å². The van der Waals surface area contributed by atoms with Crippen molar-refractivity contribution in [1.82, 2.24) is 9.88 Å². The van der Waals surface area contributed by atoms with Gasteiger partial charge in [0, 0.05) is 18.7 Å². The second-order valence-electron chi connectivity index (χ2n) is 6.32. The Morgan fingerprint density at radius 1 is 1.24 bits per heavy atom. The molecule has 1 aromatic carbocycles. The van der Waals surface area contributed by atoms with E-state index in [9.17, 15) is 13.6 Å². The fraction of sp³-hybridized carbons (Fsp3) is 0.368. The number of pyridine rings is 1. The molecule has 4 nitrogen and oxygen atoms in total. The van der Waals surface area contributed by atoms with E-state index in [4.69, 9.17) is 5.11 Å². The summed E-state index contributed by atoms with van der Waals surface area (Å²) in [7, 11) is 0. The molecule has 1 saturated heterocycles. The van der Waals surface area contributed by atoms with Crippen LogP contribution in [0.5, 0.6) is 0 Å². The number of carboxylic acids is 1. The van der Waals surface area contributed by atoms with Crippen LogP contribution in [0.2, 0.25) is 0 Å². The van der Waals surface area contributed by atoms with E-state index in [0.717, 1.165) is 42.4 Å². The molecule has 0 amide bonds. The van der Waals surface area contributed by atoms with E-state index in [1.807, 2.05) is 18.2 Å². The van der Waals surface area contributed by atoms with Crippen molar-refractivity contribution in [2.24, 2.45) is 0 Å². The van der Waals surface area contributed by atoms with Gasteiger partial charge in [0.05, 0.1) is 18.2 Å². The molecule has 1 fully saturated rings. The molecule has 1 aromatic heterocycles. The SMILES string of the molecule is O=C(O)CCc1cccc(C2CCCN2Cc2ccc(F)c(F)c2)n1. The minimum atomic E-state index is -0.840. The van der Waals surface area contributed by atoms with Crippen LogP contribution in [0.4, 0.5) is 8.78 Å². The molecule has 0 aliphatic carbocycles. The fourth-order valence-electron chi connectivity index (χ4n) is 3.28. The first-order valence-corrected chi connectivity index (χ1v) is 8.38. The maximum atomic E-state index is 13.4. The molecule has 1 aliphatic rings. The quantitative estimate of drug-likeness (QED) is 0.866. The average Bonchev–Trinajstić information content (AvgIpc) is 3.05. The standard InChI is InChI=1S/C19H20F2N2O2/c20-15-8-6-13(11-16(15)21)12-23-10-2-5-18(23)17-4-1-3-14(22-17)7-9-19(24)25/h1,3-4,6,8,11,18H,2,5,7,9-10,12H2,(H,24,25). The van der Waals surface area contributed by atoms with E-state index in [0.29, 0.717) is 13.0 Å². The Morgan fingerprint density at radius 3 is 2.84 bits per heavy atom. The number of aromatic nitrogens is 1. The summed E-state index contributed by atoms with van der Waals surface area (Å²) in [6.45, 7) is 1.40. The van der Waals surface area contributed by atoms with Gasteiger partial charge in [0.15, 0.2) is 11.6 Å². The zero-order chi connectivity index (χ0) is 17.8. The molecular weight excluding hydrogens is 326 g/mol. The summed E-state index contributed by atoms with van der Waals surface area (Å²) < 4.78 is 26.5. The van der Waals surface area contributed by atoms with Gasteiger partial charge in [-0.3, -0.25) is 14.7 Å². The normalized spacial score (nSPS) is 17.8. The third-order valence-corrected chi connectivity index (χ3v) is 4.50. The van der Waals surface area contributed by atoms with Gasteiger partial charge in [-0.15, -0.1) is 0 Å². The molecular formula is C19H20F2N2O2. The van der Waals surface area contributed by atoms with Gasteiger partial charge in [-0.2, -0.15) is 0 Å². The average molecular weight is 346 g/mol. The minimum absolute atomic E-state index is 0.0552. The number of halogens is 2. The zero-order valence-corrected chi connectivity index (χ0v) is 13.8. The van der Waals surface area contributed by atoms with Crippen LogP contribution in [0.3, 0.4) is 0 Å². The number of benzene rings is 1. The summed E-state index contributed by atoms with van der Waals surface area (Å²) in [5, 5.41) is 8.81. The summed E-state index contributed by atoms with van der Waals surface area (Å²) in [6, 6.07) is 9.78. The van der Waals surface area contributed by atoms with Crippen molar-refractivity contribution in [3.05, 3.63) is 65.0 Å². The predicted molar refractivity (Wildman–Crippen MR) is 88.9 cm³/mol. The molecule has 1 aliphatic heterocycles. The molecule has 2 aromatic rings. The number of likely N-dealkylation sites (tertiary alicyclic amines) is 1. The van der Waals surface area contributed by atoms with E-state index in [1.165, 1.54) is 6.07 Å². The van der Waals surface area contributed by atoms with Gasteiger partial charge in [0.2, 0.25) is 0 Å². The highest BCUT2D eigenvalue weighted by Gasteiger charge is 2.27. The summed E-state index contributed by atoms with van der Waals surface area (Å²) >= 11 is 0. The molecule has 0 spiro atoms. The fourth-order valence-corrected chi connectivity index (χ4v) is 3.28. The molecule has 0 radical (unpaired) electrons. The van der Waals surface area contributed by atoms with E-state index in [2.05, 4.69) is 9.88 Å². The zero-order valence-electron chi connectivity index (χ0n) is 13.8.